The molecule has 0 bridgehead atoms. The van der Waals surface area contributed by atoms with Gasteiger partial charge in [0.15, 0.2) is 0 Å². The number of aryl methyl sites for hydroxylation is 1. The molecule has 0 saturated carbocycles. The van der Waals surface area contributed by atoms with Crippen LogP contribution in [-0.2, 0) is 13.6 Å². The summed E-state index contributed by atoms with van der Waals surface area (Å²) in [6.45, 7) is 0.347. The summed E-state index contributed by atoms with van der Waals surface area (Å²) in [4.78, 5) is 19.2. The van der Waals surface area contributed by atoms with Crippen molar-refractivity contribution >= 4 is 22.8 Å². The minimum atomic E-state index is -0.162. The van der Waals surface area contributed by atoms with E-state index in [0.717, 1.165) is 16.6 Å². The van der Waals surface area contributed by atoms with Crippen molar-refractivity contribution in [3.63, 3.8) is 0 Å². The first-order valence-electron chi connectivity index (χ1n) is 6.13. The van der Waals surface area contributed by atoms with Crippen LogP contribution in [-0.4, -0.2) is 25.7 Å². The molecule has 2 heterocycles. The minimum absolute atomic E-state index is 0.162. The van der Waals surface area contributed by atoms with Crippen LogP contribution in [0.5, 0.6) is 0 Å². The van der Waals surface area contributed by atoms with Crippen LogP contribution in [0.1, 0.15) is 15.9 Å². The number of H-pyrrole nitrogens is 1. The number of benzene rings is 1. The highest BCUT2D eigenvalue weighted by molar-refractivity contribution is 5.97. The van der Waals surface area contributed by atoms with E-state index in [0.29, 0.717) is 17.9 Å². The van der Waals surface area contributed by atoms with Gasteiger partial charge in [-0.25, -0.2) is 4.98 Å². The van der Waals surface area contributed by atoms with E-state index in [4.69, 9.17) is 5.73 Å². The summed E-state index contributed by atoms with van der Waals surface area (Å²) >= 11 is 0. The Morgan fingerprint density at radius 3 is 3.10 bits per heavy atom. The Hall–Kier alpha value is -2.83. The van der Waals surface area contributed by atoms with Gasteiger partial charge in [0.2, 0.25) is 0 Å². The van der Waals surface area contributed by atoms with Crippen LogP contribution < -0.4 is 11.1 Å². The number of nitrogens with zero attached hydrogens (tertiary/aromatic N) is 3. The molecule has 3 aromatic rings. The molecule has 102 valence electrons. The quantitative estimate of drug-likeness (QED) is 0.655. The molecule has 0 fully saturated rings. The van der Waals surface area contributed by atoms with Gasteiger partial charge in [-0.3, -0.25) is 9.48 Å². The van der Waals surface area contributed by atoms with Crippen molar-refractivity contribution in [1.29, 1.82) is 0 Å². The second kappa shape index (κ2) is 4.69. The van der Waals surface area contributed by atoms with E-state index in [1.54, 1.807) is 42.5 Å². The fourth-order valence-corrected chi connectivity index (χ4v) is 1.98. The molecule has 0 aliphatic heterocycles. The number of hydrogen-bond donors (Lipinski definition) is 3. The van der Waals surface area contributed by atoms with Gasteiger partial charge < -0.3 is 16.0 Å². The zero-order valence-electron chi connectivity index (χ0n) is 10.9. The molecule has 0 radical (unpaired) electrons. The molecule has 0 saturated heterocycles. The van der Waals surface area contributed by atoms with Crippen LogP contribution in [0.15, 0.2) is 30.7 Å². The average Bonchev–Trinajstić information content (AvgIpc) is 3.04. The Bertz CT molecular complexity index is 772. The first-order valence-corrected chi connectivity index (χ1v) is 6.13. The van der Waals surface area contributed by atoms with Crippen molar-refractivity contribution in [3.8, 4) is 0 Å². The first kappa shape index (κ1) is 12.2. The predicted octanol–water partition coefficient (Wildman–Crippen LogP) is 0.809. The topological polar surface area (TPSA) is 102 Å². The van der Waals surface area contributed by atoms with Gasteiger partial charge in [0.25, 0.3) is 5.91 Å². The number of imidazole rings is 1. The summed E-state index contributed by atoms with van der Waals surface area (Å²) in [5, 5.41) is 6.85. The summed E-state index contributed by atoms with van der Waals surface area (Å²) in [5.41, 5.74) is 8.86. The van der Waals surface area contributed by atoms with Gasteiger partial charge in [0, 0.05) is 24.7 Å². The molecule has 2 aromatic heterocycles. The van der Waals surface area contributed by atoms with Crippen molar-refractivity contribution in [2.24, 2.45) is 7.05 Å². The lowest BCUT2D eigenvalue weighted by molar-refractivity contribution is 0.0951. The van der Waals surface area contributed by atoms with Gasteiger partial charge >= 0.3 is 0 Å². The standard InChI is InChI=1S/C13H14N6O/c1-19-12(14)9(6-18-19)5-15-13(20)8-2-3-10-11(4-8)17-7-16-10/h2-4,6-7H,5,14H2,1H3,(H,15,20)(H,16,17). The maximum absolute atomic E-state index is 12.1. The number of rotatable bonds is 3. The predicted molar refractivity (Wildman–Crippen MR) is 74.9 cm³/mol. The highest BCUT2D eigenvalue weighted by Gasteiger charge is 2.09. The van der Waals surface area contributed by atoms with Crippen molar-refractivity contribution in [1.82, 2.24) is 25.1 Å². The summed E-state index contributed by atoms with van der Waals surface area (Å²) in [5.74, 6) is 0.388. The lowest BCUT2D eigenvalue weighted by Crippen LogP contribution is -2.23. The number of nitrogen functional groups attached to an aromatic ring is 1. The number of anilines is 1. The fraction of sp³-hybridized carbons (Fsp3) is 0.154. The number of aromatic nitrogens is 4. The lowest BCUT2D eigenvalue weighted by atomic mass is 10.2. The normalized spacial score (nSPS) is 10.8. The number of fused-ring (bicyclic) bond motifs is 1. The number of aromatic amines is 1. The molecule has 3 rings (SSSR count). The molecular weight excluding hydrogens is 256 g/mol. The van der Waals surface area contributed by atoms with Crippen molar-refractivity contribution < 1.29 is 4.79 Å². The van der Waals surface area contributed by atoms with Gasteiger partial charge in [0.1, 0.15) is 5.82 Å². The molecule has 4 N–H and O–H groups in total. The number of amides is 1. The average molecular weight is 270 g/mol. The Morgan fingerprint density at radius 1 is 1.50 bits per heavy atom. The molecule has 0 atom stereocenters. The third-order valence-corrected chi connectivity index (χ3v) is 3.19. The minimum Gasteiger partial charge on any atom is -0.384 e. The molecule has 0 unspecified atom stereocenters. The van der Waals surface area contributed by atoms with Crippen molar-refractivity contribution in [2.75, 3.05) is 5.73 Å². The van der Waals surface area contributed by atoms with Crippen molar-refractivity contribution in [3.05, 3.63) is 41.9 Å². The summed E-state index contributed by atoms with van der Waals surface area (Å²) in [7, 11) is 1.76. The van der Waals surface area contributed by atoms with Gasteiger partial charge in [-0.1, -0.05) is 0 Å². The molecule has 7 nitrogen and oxygen atoms in total. The van der Waals surface area contributed by atoms with Crippen LogP contribution in [0.4, 0.5) is 5.82 Å². The molecule has 0 aliphatic rings. The zero-order valence-corrected chi connectivity index (χ0v) is 10.9. The maximum atomic E-state index is 12.1. The van der Waals surface area contributed by atoms with Gasteiger partial charge in [0.05, 0.1) is 23.6 Å². The van der Waals surface area contributed by atoms with Gasteiger partial charge in [-0.15, -0.1) is 0 Å². The van der Waals surface area contributed by atoms with Gasteiger partial charge in [-0.05, 0) is 18.2 Å². The van der Waals surface area contributed by atoms with E-state index >= 15 is 0 Å². The van der Waals surface area contributed by atoms with Crippen LogP contribution in [0.25, 0.3) is 11.0 Å². The highest BCUT2D eigenvalue weighted by atomic mass is 16.1. The molecular formula is C13H14N6O. The summed E-state index contributed by atoms with van der Waals surface area (Å²) in [6.07, 6.45) is 3.25. The second-order valence-electron chi connectivity index (χ2n) is 4.50. The zero-order chi connectivity index (χ0) is 14.1. The van der Waals surface area contributed by atoms with E-state index in [1.807, 2.05) is 0 Å². The molecule has 1 aromatic carbocycles. The first-order chi connectivity index (χ1) is 9.65. The Morgan fingerprint density at radius 2 is 2.35 bits per heavy atom. The van der Waals surface area contributed by atoms with E-state index < -0.39 is 0 Å². The Kier molecular flexibility index (Phi) is 2.86. The molecule has 7 heteroatoms. The largest absolute Gasteiger partial charge is 0.384 e. The molecule has 20 heavy (non-hydrogen) atoms. The van der Waals surface area contributed by atoms with E-state index in [1.165, 1.54) is 0 Å². The third kappa shape index (κ3) is 2.09. The third-order valence-electron chi connectivity index (χ3n) is 3.19. The van der Waals surface area contributed by atoms with E-state index in [9.17, 15) is 4.79 Å². The van der Waals surface area contributed by atoms with Gasteiger partial charge in [-0.2, -0.15) is 5.10 Å². The lowest BCUT2D eigenvalue weighted by Gasteiger charge is -2.05. The van der Waals surface area contributed by atoms with Crippen LogP contribution in [0, 0.1) is 0 Å². The van der Waals surface area contributed by atoms with Crippen LogP contribution in [0.2, 0.25) is 0 Å². The molecule has 1 amide bonds. The van der Waals surface area contributed by atoms with E-state index in [2.05, 4.69) is 20.4 Å². The maximum Gasteiger partial charge on any atom is 0.251 e. The number of nitrogens with two attached hydrogens (primary N) is 1. The van der Waals surface area contributed by atoms with E-state index in [-0.39, 0.29) is 5.91 Å². The smallest absolute Gasteiger partial charge is 0.251 e. The number of hydrogen-bond acceptors (Lipinski definition) is 4. The van der Waals surface area contributed by atoms with Crippen molar-refractivity contribution in [2.45, 2.75) is 6.54 Å². The SMILES string of the molecule is Cn1ncc(CNC(=O)c2ccc3nc[nH]c3c2)c1N. The number of carbonyl (C=O) groups is 1. The van der Waals surface area contributed by atoms with Crippen LogP contribution >= 0.6 is 0 Å². The summed E-state index contributed by atoms with van der Waals surface area (Å²) in [6, 6.07) is 5.31. The fourth-order valence-electron chi connectivity index (χ4n) is 1.98. The Labute approximate surface area is 114 Å². The molecule has 0 spiro atoms. The van der Waals surface area contributed by atoms with Crippen LogP contribution in [0.3, 0.4) is 0 Å². The summed E-state index contributed by atoms with van der Waals surface area (Å²) < 4.78 is 1.57. The number of carbonyl (C=O) groups excluding carboxylic acids is 1. The highest BCUT2D eigenvalue weighted by Crippen LogP contribution is 2.12. The molecule has 0 aliphatic carbocycles. The second-order valence-corrected chi connectivity index (χ2v) is 4.50. The monoisotopic (exact) mass is 270 g/mol. The number of nitrogens with one attached hydrogen (secondary N) is 2. The Balaban J connectivity index is 1.74.